The summed E-state index contributed by atoms with van der Waals surface area (Å²) in [6.45, 7) is 1.75. The highest BCUT2D eigenvalue weighted by molar-refractivity contribution is 9.10. The molecule has 29 heavy (non-hydrogen) atoms. The number of methoxy groups -OCH3 is 2. The van der Waals surface area contributed by atoms with E-state index in [0.29, 0.717) is 21.5 Å². The molecule has 152 valence electrons. The molecule has 7 nitrogen and oxygen atoms in total. The Bertz CT molecular complexity index is 936. The van der Waals surface area contributed by atoms with Gasteiger partial charge in [0.05, 0.1) is 18.7 Å². The molecule has 8 heteroatoms. The van der Waals surface area contributed by atoms with E-state index >= 15 is 0 Å². The van der Waals surface area contributed by atoms with Crippen molar-refractivity contribution in [3.8, 4) is 5.75 Å². The van der Waals surface area contributed by atoms with Crippen LogP contribution >= 0.6 is 15.9 Å². The first-order valence-electron chi connectivity index (χ1n) is 8.51. The van der Waals surface area contributed by atoms with Crippen LogP contribution < -0.4 is 10.1 Å². The number of rotatable bonds is 7. The molecule has 0 radical (unpaired) electrons. The molecule has 0 spiro atoms. The van der Waals surface area contributed by atoms with Crippen LogP contribution in [0.5, 0.6) is 5.75 Å². The lowest BCUT2D eigenvalue weighted by molar-refractivity contribution is -0.143. The Morgan fingerprint density at radius 2 is 1.72 bits per heavy atom. The molecule has 2 aromatic rings. The summed E-state index contributed by atoms with van der Waals surface area (Å²) >= 11 is 3.35. The number of ether oxygens (including phenoxy) is 3. The highest BCUT2D eigenvalue weighted by Crippen LogP contribution is 2.27. The van der Waals surface area contributed by atoms with Crippen molar-refractivity contribution in [3.63, 3.8) is 0 Å². The second-order valence-electron chi connectivity index (χ2n) is 5.94. The Morgan fingerprint density at radius 3 is 2.31 bits per heavy atom. The smallest absolute Gasteiger partial charge is 0.345 e. The van der Waals surface area contributed by atoms with Gasteiger partial charge in [-0.1, -0.05) is 18.2 Å². The first-order chi connectivity index (χ1) is 13.8. The number of aryl methyl sites for hydroxylation is 1. The number of benzene rings is 2. The minimum Gasteiger partial charge on any atom is -0.483 e. The fourth-order valence-electron chi connectivity index (χ4n) is 2.37. The molecule has 2 aromatic carbocycles. The maximum absolute atomic E-state index is 12.1. The summed E-state index contributed by atoms with van der Waals surface area (Å²) in [5.74, 6) is -1.48. The highest BCUT2D eigenvalue weighted by atomic mass is 79.9. The maximum atomic E-state index is 12.1. The normalized spacial score (nSPS) is 9.93. The van der Waals surface area contributed by atoms with Crippen LogP contribution in [0.2, 0.25) is 0 Å². The predicted octanol–water partition coefficient (Wildman–Crippen LogP) is 3.50. The van der Waals surface area contributed by atoms with Crippen molar-refractivity contribution < 1.29 is 28.6 Å². The number of nitrogens with one attached hydrogen (secondary N) is 1. The molecule has 0 aliphatic heterocycles. The molecule has 1 amide bonds. The average Bonchev–Trinajstić information content (AvgIpc) is 2.70. The summed E-state index contributed by atoms with van der Waals surface area (Å²) in [7, 11) is 2.35. The lowest BCUT2D eigenvalue weighted by Crippen LogP contribution is -2.20. The van der Waals surface area contributed by atoms with Crippen LogP contribution in [0.1, 0.15) is 11.1 Å². The van der Waals surface area contributed by atoms with Crippen LogP contribution in [0.25, 0.3) is 6.08 Å². The minimum atomic E-state index is -0.805. The van der Waals surface area contributed by atoms with Gasteiger partial charge in [-0.15, -0.1) is 0 Å². The fraction of sp³-hybridized carbons (Fsp3) is 0.190. The third kappa shape index (κ3) is 6.46. The van der Waals surface area contributed by atoms with Crippen LogP contribution in [0, 0.1) is 6.92 Å². The molecule has 0 heterocycles. The fourth-order valence-corrected chi connectivity index (χ4v) is 2.89. The SMILES string of the molecule is COC(=O)C(=Cc1ccc(OCC(=O)Nc2cccc(C)c2)c(Br)c1)C(=O)OC. The molecule has 0 saturated carbocycles. The second-order valence-corrected chi connectivity index (χ2v) is 6.79. The van der Waals surface area contributed by atoms with Gasteiger partial charge >= 0.3 is 11.9 Å². The molecule has 0 aromatic heterocycles. The third-order valence-corrected chi connectivity index (χ3v) is 4.36. The van der Waals surface area contributed by atoms with E-state index in [-0.39, 0.29) is 18.1 Å². The summed E-state index contributed by atoms with van der Waals surface area (Å²) < 4.78 is 15.3. The molecule has 0 aliphatic carbocycles. The van der Waals surface area contributed by atoms with Crippen LogP contribution in [0.3, 0.4) is 0 Å². The summed E-state index contributed by atoms with van der Waals surface area (Å²) in [6, 6.07) is 12.3. The third-order valence-electron chi connectivity index (χ3n) is 3.74. The Labute approximate surface area is 176 Å². The van der Waals surface area contributed by atoms with Crippen LogP contribution in [0.4, 0.5) is 5.69 Å². The van der Waals surface area contributed by atoms with E-state index in [1.165, 1.54) is 20.3 Å². The lowest BCUT2D eigenvalue weighted by atomic mass is 10.1. The van der Waals surface area contributed by atoms with Gasteiger partial charge in [0.1, 0.15) is 11.3 Å². The summed E-state index contributed by atoms with van der Waals surface area (Å²) in [4.78, 5) is 35.6. The predicted molar refractivity (Wildman–Crippen MR) is 111 cm³/mol. The van der Waals surface area contributed by atoms with Gasteiger partial charge in [-0.3, -0.25) is 4.79 Å². The van der Waals surface area contributed by atoms with Gasteiger partial charge in [0.2, 0.25) is 0 Å². The lowest BCUT2D eigenvalue weighted by Gasteiger charge is -2.10. The van der Waals surface area contributed by atoms with Gasteiger partial charge in [0.15, 0.2) is 6.61 Å². The summed E-state index contributed by atoms with van der Waals surface area (Å²) in [5.41, 5.74) is 2.03. The quantitative estimate of drug-likeness (QED) is 0.293. The van der Waals surface area contributed by atoms with Crippen molar-refractivity contribution in [1.29, 1.82) is 0 Å². The van der Waals surface area contributed by atoms with Gasteiger partial charge in [-0.2, -0.15) is 0 Å². The molecular formula is C21H20BrNO6. The van der Waals surface area contributed by atoms with Crippen molar-refractivity contribution >= 4 is 45.5 Å². The zero-order valence-corrected chi connectivity index (χ0v) is 17.7. The molecule has 0 saturated heterocycles. The minimum absolute atomic E-state index is 0.183. The van der Waals surface area contributed by atoms with Gasteiger partial charge in [0.25, 0.3) is 5.91 Å². The average molecular weight is 462 g/mol. The molecule has 0 bridgehead atoms. The number of hydrogen-bond acceptors (Lipinski definition) is 6. The highest BCUT2D eigenvalue weighted by Gasteiger charge is 2.19. The van der Waals surface area contributed by atoms with E-state index in [1.54, 1.807) is 24.3 Å². The van der Waals surface area contributed by atoms with Gasteiger partial charge in [-0.25, -0.2) is 9.59 Å². The number of carbonyl (C=O) groups is 3. The van der Waals surface area contributed by atoms with E-state index in [1.807, 2.05) is 25.1 Å². The van der Waals surface area contributed by atoms with E-state index < -0.39 is 11.9 Å². The Hall–Kier alpha value is -3.13. The van der Waals surface area contributed by atoms with Gasteiger partial charge in [-0.05, 0) is 64.3 Å². The van der Waals surface area contributed by atoms with Crippen LogP contribution in [0.15, 0.2) is 52.5 Å². The monoisotopic (exact) mass is 461 g/mol. The molecule has 0 fully saturated rings. The zero-order chi connectivity index (χ0) is 21.4. The van der Waals surface area contributed by atoms with Gasteiger partial charge < -0.3 is 19.5 Å². The Kier molecular flexibility index (Phi) is 7.97. The first-order valence-corrected chi connectivity index (χ1v) is 9.30. The standard InChI is InChI=1S/C21H20BrNO6/c1-13-5-4-6-15(9-13)23-19(24)12-29-18-8-7-14(11-17(18)22)10-16(20(25)27-2)21(26)28-3/h4-11H,12H2,1-3H3,(H,23,24). The number of hydrogen-bond donors (Lipinski definition) is 1. The molecule has 0 aliphatic rings. The van der Waals surface area contributed by atoms with E-state index in [2.05, 4.69) is 30.7 Å². The van der Waals surface area contributed by atoms with Crippen molar-refractivity contribution in [2.45, 2.75) is 6.92 Å². The van der Waals surface area contributed by atoms with Crippen molar-refractivity contribution in [3.05, 3.63) is 63.6 Å². The van der Waals surface area contributed by atoms with Gasteiger partial charge in [0, 0.05) is 5.69 Å². The van der Waals surface area contributed by atoms with Crippen molar-refractivity contribution in [2.75, 3.05) is 26.1 Å². The molecular weight excluding hydrogens is 442 g/mol. The molecule has 1 N–H and O–H groups in total. The van der Waals surface area contributed by atoms with Crippen molar-refractivity contribution in [2.24, 2.45) is 0 Å². The number of anilines is 1. The Balaban J connectivity index is 2.07. The second kappa shape index (κ2) is 10.4. The first kappa shape index (κ1) is 22.2. The molecule has 0 unspecified atom stereocenters. The number of amides is 1. The maximum Gasteiger partial charge on any atom is 0.345 e. The molecule has 2 rings (SSSR count). The zero-order valence-electron chi connectivity index (χ0n) is 16.2. The number of carbonyl (C=O) groups excluding carboxylic acids is 3. The largest absolute Gasteiger partial charge is 0.483 e. The van der Waals surface area contributed by atoms with E-state index in [0.717, 1.165) is 5.56 Å². The number of halogens is 1. The van der Waals surface area contributed by atoms with Crippen molar-refractivity contribution in [1.82, 2.24) is 0 Å². The number of esters is 2. The van der Waals surface area contributed by atoms with Crippen LogP contribution in [-0.4, -0.2) is 38.7 Å². The van der Waals surface area contributed by atoms with E-state index in [4.69, 9.17) is 4.74 Å². The summed E-state index contributed by atoms with van der Waals surface area (Å²) in [5, 5.41) is 2.76. The molecule has 0 atom stereocenters. The van der Waals surface area contributed by atoms with Crippen LogP contribution in [-0.2, 0) is 23.9 Å². The summed E-state index contributed by atoms with van der Waals surface area (Å²) in [6.07, 6.45) is 1.34. The topological polar surface area (TPSA) is 90.9 Å². The Morgan fingerprint density at radius 1 is 1.03 bits per heavy atom. The van der Waals surface area contributed by atoms with E-state index in [9.17, 15) is 14.4 Å².